The lowest BCUT2D eigenvalue weighted by atomic mass is 10.0. The standard InChI is InChI=1S/C29H36N6O5/c1-4-26(36)31-24-17-22-23(32-29(30)33-28(22)20-8-6-9-21(16-20)38-3)18-25(24)40-15-7-10-34-11-13-35(14-12-34)19-27(37)39-5-2/h4,6,8-9,16-18H,1,5,7,10-15,19H2,2-3H3,(H,31,36)(H2,30,32,33). The summed E-state index contributed by atoms with van der Waals surface area (Å²) in [5.41, 5.74) is 8.56. The minimum absolute atomic E-state index is 0.126. The van der Waals surface area contributed by atoms with E-state index in [2.05, 4.69) is 31.7 Å². The molecule has 0 atom stereocenters. The Morgan fingerprint density at radius 1 is 1.12 bits per heavy atom. The number of amides is 1. The minimum atomic E-state index is -0.357. The molecule has 40 heavy (non-hydrogen) atoms. The second-order valence-electron chi connectivity index (χ2n) is 9.35. The quantitative estimate of drug-likeness (QED) is 0.198. The molecule has 0 saturated carbocycles. The molecule has 1 saturated heterocycles. The number of anilines is 2. The highest BCUT2D eigenvalue weighted by atomic mass is 16.5. The van der Waals surface area contributed by atoms with E-state index < -0.39 is 0 Å². The van der Waals surface area contributed by atoms with Crippen molar-refractivity contribution in [1.29, 1.82) is 0 Å². The third kappa shape index (κ3) is 7.45. The molecular weight excluding hydrogens is 512 g/mol. The Bertz CT molecular complexity index is 1360. The van der Waals surface area contributed by atoms with Crippen molar-refractivity contribution in [3.63, 3.8) is 0 Å². The first kappa shape index (κ1) is 28.8. The summed E-state index contributed by atoms with van der Waals surface area (Å²) in [6.07, 6.45) is 1.99. The van der Waals surface area contributed by atoms with Gasteiger partial charge in [-0.05, 0) is 37.6 Å². The lowest BCUT2D eigenvalue weighted by molar-refractivity contribution is -0.144. The molecule has 11 heteroatoms. The van der Waals surface area contributed by atoms with Crippen molar-refractivity contribution in [2.45, 2.75) is 13.3 Å². The Balaban J connectivity index is 1.46. The number of nitrogens with two attached hydrogens (primary N) is 1. The van der Waals surface area contributed by atoms with E-state index in [1.165, 1.54) is 6.08 Å². The number of nitrogen functional groups attached to an aromatic ring is 1. The van der Waals surface area contributed by atoms with Crippen LogP contribution in [0.2, 0.25) is 0 Å². The van der Waals surface area contributed by atoms with E-state index in [0.717, 1.165) is 44.7 Å². The molecule has 0 aliphatic carbocycles. The van der Waals surface area contributed by atoms with Gasteiger partial charge in [-0.2, -0.15) is 0 Å². The molecular formula is C29H36N6O5. The molecule has 2 aromatic carbocycles. The molecule has 0 radical (unpaired) electrons. The maximum absolute atomic E-state index is 12.2. The van der Waals surface area contributed by atoms with Gasteiger partial charge in [-0.25, -0.2) is 9.97 Å². The Morgan fingerprint density at radius 2 is 1.90 bits per heavy atom. The van der Waals surface area contributed by atoms with Crippen molar-refractivity contribution in [3.05, 3.63) is 49.1 Å². The molecule has 0 unspecified atom stereocenters. The van der Waals surface area contributed by atoms with Crippen molar-refractivity contribution >= 4 is 34.4 Å². The number of nitrogens with one attached hydrogen (secondary N) is 1. The number of nitrogens with zero attached hydrogens (tertiary/aromatic N) is 4. The molecule has 1 amide bonds. The van der Waals surface area contributed by atoms with Gasteiger partial charge in [0.1, 0.15) is 11.5 Å². The summed E-state index contributed by atoms with van der Waals surface area (Å²) < 4.78 is 16.5. The fourth-order valence-electron chi connectivity index (χ4n) is 4.60. The molecule has 3 aromatic rings. The highest BCUT2D eigenvalue weighted by Gasteiger charge is 2.20. The molecule has 11 nitrogen and oxygen atoms in total. The van der Waals surface area contributed by atoms with Gasteiger partial charge < -0.3 is 30.2 Å². The first-order chi connectivity index (χ1) is 19.4. The number of hydrogen-bond acceptors (Lipinski definition) is 10. The molecule has 0 bridgehead atoms. The van der Waals surface area contributed by atoms with Gasteiger partial charge in [0.15, 0.2) is 0 Å². The van der Waals surface area contributed by atoms with Gasteiger partial charge in [0.05, 0.1) is 43.8 Å². The number of fused-ring (bicyclic) bond motifs is 1. The van der Waals surface area contributed by atoms with Crippen LogP contribution >= 0.6 is 0 Å². The van der Waals surface area contributed by atoms with Crippen LogP contribution in [0, 0.1) is 0 Å². The van der Waals surface area contributed by atoms with E-state index >= 15 is 0 Å². The molecule has 3 N–H and O–H groups in total. The average Bonchev–Trinajstić information content (AvgIpc) is 2.96. The molecule has 4 rings (SSSR count). The zero-order chi connectivity index (χ0) is 28.5. The van der Waals surface area contributed by atoms with Crippen molar-refractivity contribution < 1.29 is 23.8 Å². The summed E-state index contributed by atoms with van der Waals surface area (Å²) in [5.74, 6) is 0.757. The normalized spacial score (nSPS) is 14.1. The van der Waals surface area contributed by atoms with E-state index in [1.54, 1.807) is 19.2 Å². The van der Waals surface area contributed by atoms with Crippen LogP contribution in [0.25, 0.3) is 22.2 Å². The van der Waals surface area contributed by atoms with E-state index in [4.69, 9.17) is 19.9 Å². The van der Waals surface area contributed by atoms with Crippen molar-refractivity contribution in [2.24, 2.45) is 0 Å². The SMILES string of the molecule is C=CC(=O)Nc1cc2c(-c3cccc(OC)c3)nc(N)nc2cc1OCCCN1CCN(CC(=O)OCC)CC1. The number of aromatic nitrogens is 2. The summed E-state index contributed by atoms with van der Waals surface area (Å²) in [5, 5.41) is 3.54. The zero-order valence-electron chi connectivity index (χ0n) is 23.0. The van der Waals surface area contributed by atoms with Crippen LogP contribution in [-0.4, -0.2) is 91.2 Å². The summed E-state index contributed by atoms with van der Waals surface area (Å²) >= 11 is 0. The molecule has 212 valence electrons. The second-order valence-corrected chi connectivity index (χ2v) is 9.35. The van der Waals surface area contributed by atoms with Crippen LogP contribution < -0.4 is 20.5 Å². The smallest absolute Gasteiger partial charge is 0.320 e. The number of rotatable bonds is 12. The first-order valence-corrected chi connectivity index (χ1v) is 13.3. The maximum atomic E-state index is 12.2. The number of carbonyl (C=O) groups is 2. The van der Waals surface area contributed by atoms with Crippen LogP contribution in [0.1, 0.15) is 13.3 Å². The highest BCUT2D eigenvalue weighted by Crippen LogP contribution is 2.36. The zero-order valence-corrected chi connectivity index (χ0v) is 23.0. The topological polar surface area (TPSA) is 132 Å². The molecule has 2 heterocycles. The number of ether oxygens (including phenoxy) is 3. The van der Waals surface area contributed by atoms with E-state index in [0.29, 0.717) is 53.5 Å². The molecule has 1 aromatic heterocycles. The molecule has 1 aliphatic heterocycles. The molecule has 1 aliphatic rings. The Hall–Kier alpha value is -4.22. The number of hydrogen-bond donors (Lipinski definition) is 2. The largest absolute Gasteiger partial charge is 0.497 e. The van der Waals surface area contributed by atoms with Crippen molar-refractivity contribution in [2.75, 3.05) is 70.6 Å². The third-order valence-electron chi connectivity index (χ3n) is 6.60. The number of esters is 1. The van der Waals surface area contributed by atoms with E-state index in [9.17, 15) is 9.59 Å². The van der Waals surface area contributed by atoms with Gasteiger partial charge in [0.25, 0.3) is 0 Å². The number of carbonyl (C=O) groups excluding carboxylic acids is 2. The fraction of sp³-hybridized carbons (Fsp3) is 0.379. The molecule has 1 fully saturated rings. The van der Waals surface area contributed by atoms with Gasteiger partial charge >= 0.3 is 5.97 Å². The van der Waals surface area contributed by atoms with Crippen molar-refractivity contribution in [1.82, 2.24) is 19.8 Å². The summed E-state index contributed by atoms with van der Waals surface area (Å²) in [7, 11) is 1.60. The first-order valence-electron chi connectivity index (χ1n) is 13.3. The summed E-state index contributed by atoms with van der Waals surface area (Å²) in [4.78, 5) is 37.3. The fourth-order valence-corrected chi connectivity index (χ4v) is 4.60. The third-order valence-corrected chi connectivity index (χ3v) is 6.60. The van der Waals surface area contributed by atoms with Gasteiger partial charge in [0, 0.05) is 49.7 Å². The van der Waals surface area contributed by atoms with Gasteiger partial charge in [0.2, 0.25) is 11.9 Å². The van der Waals surface area contributed by atoms with Gasteiger partial charge in [-0.3, -0.25) is 14.5 Å². The monoisotopic (exact) mass is 548 g/mol. The minimum Gasteiger partial charge on any atom is -0.497 e. The van der Waals surface area contributed by atoms with Gasteiger partial charge in [-0.1, -0.05) is 18.7 Å². The van der Waals surface area contributed by atoms with Crippen LogP contribution in [0.4, 0.5) is 11.6 Å². The predicted octanol–water partition coefficient (Wildman–Crippen LogP) is 2.96. The van der Waals surface area contributed by atoms with Crippen LogP contribution in [0.3, 0.4) is 0 Å². The Labute approximate surface area is 233 Å². The van der Waals surface area contributed by atoms with Crippen molar-refractivity contribution in [3.8, 4) is 22.8 Å². The summed E-state index contributed by atoms with van der Waals surface area (Å²) in [6, 6.07) is 11.1. The predicted molar refractivity (Wildman–Crippen MR) is 154 cm³/mol. The molecule has 0 spiro atoms. The van der Waals surface area contributed by atoms with Crippen LogP contribution in [0.5, 0.6) is 11.5 Å². The Morgan fingerprint density at radius 3 is 2.62 bits per heavy atom. The lowest BCUT2D eigenvalue weighted by Crippen LogP contribution is -2.48. The van der Waals surface area contributed by atoms with E-state index in [1.807, 2.05) is 31.2 Å². The van der Waals surface area contributed by atoms with Gasteiger partial charge in [-0.15, -0.1) is 0 Å². The summed E-state index contributed by atoms with van der Waals surface area (Å²) in [6.45, 7) is 10.8. The highest BCUT2D eigenvalue weighted by molar-refractivity contribution is 6.03. The number of methoxy groups -OCH3 is 1. The Kier molecular flexibility index (Phi) is 9.87. The number of piperazine rings is 1. The number of benzene rings is 2. The van der Waals surface area contributed by atoms with Crippen LogP contribution in [-0.2, 0) is 14.3 Å². The average molecular weight is 549 g/mol. The van der Waals surface area contributed by atoms with E-state index in [-0.39, 0.29) is 17.8 Å². The lowest BCUT2D eigenvalue weighted by Gasteiger charge is -2.34. The second kappa shape index (κ2) is 13.7. The van der Waals surface area contributed by atoms with Crippen LogP contribution in [0.15, 0.2) is 49.1 Å². The maximum Gasteiger partial charge on any atom is 0.320 e.